The van der Waals surface area contributed by atoms with Gasteiger partial charge in [-0.15, -0.1) is 0 Å². The van der Waals surface area contributed by atoms with Crippen LogP contribution < -0.4 is 9.47 Å². The van der Waals surface area contributed by atoms with Gasteiger partial charge < -0.3 is 14.4 Å². The molecule has 22 heavy (non-hydrogen) atoms. The van der Waals surface area contributed by atoms with Crippen molar-refractivity contribution in [2.24, 2.45) is 5.92 Å². The minimum absolute atomic E-state index is 0.0730. The van der Waals surface area contributed by atoms with Crippen molar-refractivity contribution in [2.45, 2.75) is 19.8 Å². The fraction of sp³-hybridized carbons (Fsp3) is 0.533. The molecule has 0 aromatic heterocycles. The summed E-state index contributed by atoms with van der Waals surface area (Å²) >= 11 is 0. The van der Waals surface area contributed by atoms with E-state index in [9.17, 15) is 14.9 Å². The zero-order chi connectivity index (χ0) is 15.7. The van der Waals surface area contributed by atoms with Gasteiger partial charge in [0.25, 0.3) is 11.6 Å². The van der Waals surface area contributed by atoms with Gasteiger partial charge in [-0.2, -0.15) is 0 Å². The van der Waals surface area contributed by atoms with Crippen LogP contribution in [-0.2, 0) is 0 Å². The van der Waals surface area contributed by atoms with Gasteiger partial charge in [-0.25, -0.2) is 0 Å². The second-order valence-electron chi connectivity index (χ2n) is 5.74. The lowest BCUT2D eigenvalue weighted by Gasteiger charge is -2.30. The molecule has 1 fully saturated rings. The molecule has 1 amide bonds. The molecular formula is C15H18N2O5. The molecule has 2 aliphatic rings. The Kier molecular flexibility index (Phi) is 3.87. The van der Waals surface area contributed by atoms with Crippen LogP contribution in [0.5, 0.6) is 11.5 Å². The Balaban J connectivity index is 1.94. The number of carbonyl (C=O) groups excluding carboxylic acids is 1. The largest absolute Gasteiger partial charge is 0.486 e. The summed E-state index contributed by atoms with van der Waals surface area (Å²) in [5.74, 6) is 0.988. The Bertz CT molecular complexity index is 608. The molecule has 0 radical (unpaired) electrons. The summed E-state index contributed by atoms with van der Waals surface area (Å²) < 4.78 is 10.8. The number of likely N-dealkylation sites (tertiary alicyclic amines) is 1. The second kappa shape index (κ2) is 5.82. The van der Waals surface area contributed by atoms with Gasteiger partial charge in [-0.1, -0.05) is 6.92 Å². The lowest BCUT2D eigenvalue weighted by Crippen LogP contribution is -2.38. The standard InChI is InChI=1S/C15H18N2O5/c1-10-2-4-16(5-3-10)15(18)11-8-13-14(22-7-6-21-13)9-12(11)17(19)20/h8-10H,2-7H2,1H3. The summed E-state index contributed by atoms with van der Waals surface area (Å²) in [7, 11) is 0. The molecule has 2 heterocycles. The van der Waals surface area contributed by atoms with Gasteiger partial charge >= 0.3 is 0 Å². The highest BCUT2D eigenvalue weighted by Gasteiger charge is 2.30. The van der Waals surface area contributed by atoms with Gasteiger partial charge in [0.05, 0.1) is 11.0 Å². The van der Waals surface area contributed by atoms with Crippen LogP contribution >= 0.6 is 0 Å². The summed E-state index contributed by atoms with van der Waals surface area (Å²) in [5, 5.41) is 11.3. The van der Waals surface area contributed by atoms with Gasteiger partial charge in [-0.05, 0) is 18.8 Å². The average molecular weight is 306 g/mol. The van der Waals surface area contributed by atoms with Gasteiger partial charge in [0.15, 0.2) is 11.5 Å². The summed E-state index contributed by atoms with van der Waals surface area (Å²) in [5.41, 5.74) is -0.156. The van der Waals surface area contributed by atoms with E-state index in [1.165, 1.54) is 12.1 Å². The van der Waals surface area contributed by atoms with Gasteiger partial charge in [0, 0.05) is 19.2 Å². The highest BCUT2D eigenvalue weighted by Crippen LogP contribution is 2.37. The molecule has 0 atom stereocenters. The maximum absolute atomic E-state index is 12.6. The molecular weight excluding hydrogens is 288 g/mol. The van der Waals surface area contributed by atoms with Gasteiger partial charge in [0.1, 0.15) is 18.8 Å². The first-order valence-corrected chi connectivity index (χ1v) is 7.43. The van der Waals surface area contributed by atoms with E-state index < -0.39 is 4.92 Å². The number of hydrogen-bond acceptors (Lipinski definition) is 5. The number of nitrogens with zero attached hydrogens (tertiary/aromatic N) is 2. The predicted molar refractivity (Wildman–Crippen MR) is 78.4 cm³/mol. The quantitative estimate of drug-likeness (QED) is 0.618. The van der Waals surface area contributed by atoms with Crippen LogP contribution in [-0.4, -0.2) is 42.0 Å². The molecule has 3 rings (SSSR count). The summed E-state index contributed by atoms with van der Waals surface area (Å²) in [6.45, 7) is 4.13. The van der Waals surface area contributed by atoms with Gasteiger partial charge in [0.2, 0.25) is 0 Å². The molecule has 7 nitrogen and oxygen atoms in total. The van der Waals surface area contributed by atoms with Crippen molar-refractivity contribution < 1.29 is 19.2 Å². The summed E-state index contributed by atoms with van der Waals surface area (Å²) in [6.07, 6.45) is 1.84. The highest BCUT2D eigenvalue weighted by atomic mass is 16.6. The van der Waals surface area contributed by atoms with E-state index in [1.54, 1.807) is 4.90 Å². The van der Waals surface area contributed by atoms with Crippen LogP contribution in [0.2, 0.25) is 0 Å². The number of amides is 1. The van der Waals surface area contributed by atoms with Crippen molar-refractivity contribution >= 4 is 11.6 Å². The van der Waals surface area contributed by atoms with Crippen molar-refractivity contribution in [1.82, 2.24) is 4.90 Å². The molecule has 0 bridgehead atoms. The number of hydrogen-bond donors (Lipinski definition) is 0. The molecule has 0 saturated carbocycles. The van der Waals surface area contributed by atoms with Crippen LogP contribution in [0.3, 0.4) is 0 Å². The molecule has 1 saturated heterocycles. The maximum Gasteiger partial charge on any atom is 0.286 e. The van der Waals surface area contributed by atoms with E-state index >= 15 is 0 Å². The Morgan fingerprint density at radius 3 is 2.41 bits per heavy atom. The fourth-order valence-electron chi connectivity index (χ4n) is 2.78. The normalized spacial score (nSPS) is 18.1. The Morgan fingerprint density at radius 1 is 1.23 bits per heavy atom. The first kappa shape index (κ1) is 14.6. The molecule has 7 heteroatoms. The number of ether oxygens (including phenoxy) is 2. The maximum atomic E-state index is 12.6. The van der Waals surface area contributed by atoms with E-state index in [-0.39, 0.29) is 17.2 Å². The molecule has 0 N–H and O–H groups in total. The third-order valence-corrected chi connectivity index (χ3v) is 4.16. The highest BCUT2D eigenvalue weighted by molar-refractivity contribution is 5.99. The lowest BCUT2D eigenvalue weighted by molar-refractivity contribution is -0.385. The Hall–Kier alpha value is -2.31. The molecule has 1 aromatic rings. The van der Waals surface area contributed by atoms with Gasteiger partial charge in [-0.3, -0.25) is 14.9 Å². The predicted octanol–water partition coefficient (Wildman–Crippen LogP) is 2.24. The molecule has 0 spiro atoms. The first-order chi connectivity index (χ1) is 10.6. The van der Waals surface area contributed by atoms with Crippen LogP contribution in [0.25, 0.3) is 0 Å². The number of nitro groups is 1. The van der Waals surface area contributed by atoms with E-state index in [1.807, 2.05) is 0 Å². The topological polar surface area (TPSA) is 81.9 Å². The number of rotatable bonds is 2. The first-order valence-electron chi connectivity index (χ1n) is 7.43. The van der Waals surface area contributed by atoms with Crippen LogP contribution in [0.15, 0.2) is 12.1 Å². The van der Waals surface area contributed by atoms with E-state index in [0.717, 1.165) is 12.8 Å². The Morgan fingerprint density at radius 2 is 1.82 bits per heavy atom. The molecule has 1 aromatic carbocycles. The molecule has 118 valence electrons. The summed E-state index contributed by atoms with van der Waals surface area (Å²) in [6, 6.07) is 2.72. The lowest BCUT2D eigenvalue weighted by atomic mass is 9.98. The smallest absolute Gasteiger partial charge is 0.286 e. The van der Waals surface area contributed by atoms with Crippen molar-refractivity contribution in [3.8, 4) is 11.5 Å². The minimum Gasteiger partial charge on any atom is -0.486 e. The number of carbonyl (C=O) groups is 1. The van der Waals surface area contributed by atoms with Crippen molar-refractivity contribution in [3.63, 3.8) is 0 Å². The third-order valence-electron chi connectivity index (χ3n) is 4.16. The SMILES string of the molecule is CC1CCN(C(=O)c2cc3c(cc2[N+](=O)[O-])OCCO3)CC1. The number of benzene rings is 1. The van der Waals surface area contributed by atoms with Crippen LogP contribution in [0.4, 0.5) is 5.69 Å². The average Bonchev–Trinajstić information content (AvgIpc) is 2.53. The number of piperidine rings is 1. The fourth-order valence-corrected chi connectivity index (χ4v) is 2.78. The zero-order valence-electron chi connectivity index (χ0n) is 12.4. The van der Waals surface area contributed by atoms with E-state index in [0.29, 0.717) is 43.7 Å². The van der Waals surface area contributed by atoms with Crippen LogP contribution in [0.1, 0.15) is 30.1 Å². The number of nitro benzene ring substituents is 1. The van der Waals surface area contributed by atoms with Crippen LogP contribution in [0, 0.1) is 16.0 Å². The second-order valence-corrected chi connectivity index (χ2v) is 5.74. The van der Waals surface area contributed by atoms with Crippen molar-refractivity contribution in [1.29, 1.82) is 0 Å². The third kappa shape index (κ3) is 2.70. The zero-order valence-corrected chi connectivity index (χ0v) is 12.4. The summed E-state index contributed by atoms with van der Waals surface area (Å²) in [4.78, 5) is 25.1. The van der Waals surface area contributed by atoms with Crippen molar-refractivity contribution in [2.75, 3.05) is 26.3 Å². The van der Waals surface area contributed by atoms with E-state index in [4.69, 9.17) is 9.47 Å². The Labute approximate surface area is 128 Å². The molecule has 2 aliphatic heterocycles. The monoisotopic (exact) mass is 306 g/mol. The number of fused-ring (bicyclic) bond motifs is 1. The molecule has 0 aliphatic carbocycles. The van der Waals surface area contributed by atoms with Crippen molar-refractivity contribution in [3.05, 3.63) is 27.8 Å². The molecule has 0 unspecified atom stereocenters. The van der Waals surface area contributed by atoms with E-state index in [2.05, 4.69) is 6.92 Å². The minimum atomic E-state index is -0.544.